The van der Waals surface area contributed by atoms with Crippen LogP contribution in [0.4, 0.5) is 4.39 Å². The van der Waals surface area contributed by atoms with Crippen LogP contribution < -0.4 is 4.74 Å². The molecule has 49 heavy (non-hydrogen) atoms. The van der Waals surface area contributed by atoms with E-state index in [0.29, 0.717) is 29.2 Å². The van der Waals surface area contributed by atoms with Crippen molar-refractivity contribution in [3.8, 4) is 34.1 Å². The number of hydrogen-bond donors (Lipinski definition) is 0. The van der Waals surface area contributed by atoms with Gasteiger partial charge in [0.15, 0.2) is 0 Å². The second-order valence-electron chi connectivity index (χ2n) is 13.8. The van der Waals surface area contributed by atoms with Crippen molar-refractivity contribution in [1.82, 2.24) is 19.3 Å². The van der Waals surface area contributed by atoms with E-state index in [-0.39, 0.29) is 32.3 Å². The molecule has 0 aliphatic carbocycles. The Morgan fingerprint density at radius 2 is 1.57 bits per heavy atom. The van der Waals surface area contributed by atoms with Gasteiger partial charge in [0.25, 0.3) is 0 Å². The maximum Gasteiger partial charge on any atom is 2.00 e. The van der Waals surface area contributed by atoms with Crippen molar-refractivity contribution in [3.63, 3.8) is 0 Å². The molecule has 7 aromatic rings. The summed E-state index contributed by atoms with van der Waals surface area (Å²) in [6.07, 6.45) is 1.49. The number of fused-ring (bicyclic) bond motifs is 3. The average molecular weight is 830 g/mol. The van der Waals surface area contributed by atoms with Gasteiger partial charge in [-0.2, -0.15) is 17.2 Å². The second-order valence-corrected chi connectivity index (χ2v) is 13.8. The Labute approximate surface area is 302 Å². The Bertz CT molecular complexity index is 2280. The number of rotatable bonds is 7. The summed E-state index contributed by atoms with van der Waals surface area (Å²) in [5.41, 5.74) is 8.11. The van der Waals surface area contributed by atoms with E-state index in [4.69, 9.17) is 9.84 Å². The Hall–Kier alpha value is -4.54. The Kier molecular flexibility index (Phi) is 9.39. The summed E-state index contributed by atoms with van der Waals surface area (Å²) in [5, 5.41) is 6.91. The normalized spacial score (nSPS) is 13.0. The third-order valence-corrected chi connectivity index (χ3v) is 9.81. The van der Waals surface area contributed by atoms with Gasteiger partial charge in [0.1, 0.15) is 11.6 Å². The summed E-state index contributed by atoms with van der Waals surface area (Å²) in [6.45, 7) is 15.6. The van der Waals surface area contributed by atoms with E-state index in [2.05, 4.69) is 95.1 Å². The molecular formula is C42H39FN4OPt. The summed E-state index contributed by atoms with van der Waals surface area (Å²) in [7, 11) is 0. The number of benzene rings is 4. The van der Waals surface area contributed by atoms with Crippen molar-refractivity contribution < 1.29 is 30.2 Å². The first-order valence-electron chi connectivity index (χ1n) is 16.4. The molecule has 0 aliphatic rings. The van der Waals surface area contributed by atoms with Crippen molar-refractivity contribution in [2.75, 3.05) is 0 Å². The molecule has 3 aromatic heterocycles. The number of pyridine rings is 1. The summed E-state index contributed by atoms with van der Waals surface area (Å²) in [4.78, 5) is 4.54. The molecule has 0 radical (unpaired) electrons. The molecule has 0 bridgehead atoms. The van der Waals surface area contributed by atoms with Gasteiger partial charge in [-0.05, 0) is 65.4 Å². The van der Waals surface area contributed by atoms with E-state index >= 15 is 0 Å². The molecule has 2 atom stereocenters. The van der Waals surface area contributed by atoms with Gasteiger partial charge in [-0.15, -0.1) is 35.7 Å². The van der Waals surface area contributed by atoms with Crippen LogP contribution in [0, 0.1) is 43.1 Å². The first-order valence-corrected chi connectivity index (χ1v) is 16.4. The fourth-order valence-corrected chi connectivity index (χ4v) is 6.72. The molecule has 3 heterocycles. The van der Waals surface area contributed by atoms with Crippen LogP contribution in [0.1, 0.15) is 57.5 Å². The number of aromatic nitrogens is 4. The van der Waals surface area contributed by atoms with Gasteiger partial charge in [-0.25, -0.2) is 9.37 Å². The quantitative estimate of drug-likeness (QED) is 0.150. The van der Waals surface area contributed by atoms with E-state index < -0.39 is 0 Å². The van der Waals surface area contributed by atoms with Crippen LogP contribution in [-0.2, 0) is 21.1 Å². The summed E-state index contributed by atoms with van der Waals surface area (Å²) in [6, 6.07) is 36.3. The minimum atomic E-state index is -0.349. The van der Waals surface area contributed by atoms with Crippen LogP contribution in [0.2, 0.25) is 0 Å². The Balaban J connectivity index is 0.00000417. The van der Waals surface area contributed by atoms with E-state index in [0.717, 1.165) is 50.0 Å². The van der Waals surface area contributed by atoms with Crippen LogP contribution in [0.3, 0.4) is 0 Å². The van der Waals surface area contributed by atoms with Crippen LogP contribution in [0.25, 0.3) is 44.4 Å². The minimum Gasteiger partial charge on any atom is -0.509 e. The molecule has 0 saturated heterocycles. The van der Waals surface area contributed by atoms with Crippen molar-refractivity contribution in [1.29, 1.82) is 0 Å². The zero-order chi connectivity index (χ0) is 33.7. The number of halogens is 1. The molecule has 0 saturated carbocycles. The molecule has 2 unspecified atom stereocenters. The molecule has 0 amide bonds. The van der Waals surface area contributed by atoms with Crippen LogP contribution in [-0.4, -0.2) is 19.3 Å². The molecule has 0 aliphatic heterocycles. The third kappa shape index (κ3) is 6.47. The summed E-state index contributed by atoms with van der Waals surface area (Å²) >= 11 is 0. The largest absolute Gasteiger partial charge is 2.00 e. The molecular weight excluding hydrogens is 791 g/mol. The van der Waals surface area contributed by atoms with Crippen LogP contribution >= 0.6 is 0 Å². The molecule has 0 N–H and O–H groups in total. The molecule has 250 valence electrons. The van der Waals surface area contributed by atoms with Crippen LogP contribution in [0.15, 0.2) is 97.2 Å². The van der Waals surface area contributed by atoms with E-state index in [9.17, 15) is 4.39 Å². The summed E-state index contributed by atoms with van der Waals surface area (Å²) in [5.74, 6) is 2.00. The van der Waals surface area contributed by atoms with Crippen molar-refractivity contribution in [3.05, 3.63) is 132 Å². The summed E-state index contributed by atoms with van der Waals surface area (Å²) < 4.78 is 24.8. The van der Waals surface area contributed by atoms with Crippen LogP contribution in [0.5, 0.6) is 11.5 Å². The molecule has 7 heteroatoms. The zero-order valence-electron chi connectivity index (χ0n) is 28.8. The molecule has 0 fully saturated rings. The standard InChI is InChI=1S/C42H39FN4O.Pt/c1-26(27(2)42(5,6)7)31-16-19-38-37(22-31)36-18-17-35(25-39(36)46(38)40-23-32(43)20-21-44-40)48-34-15-11-14-33(24-34)47-29(4)41(28(3)45-47)30-12-9-8-10-13-30;/h8-23,26-27H,1-7H3;/q-2;+2. The molecule has 5 nitrogen and oxygen atoms in total. The third-order valence-electron chi connectivity index (χ3n) is 9.81. The topological polar surface area (TPSA) is 44.9 Å². The SMILES string of the molecule is Cc1nn(-c2[c-]c(Oc3[c-]c4c(cc3)c3cc(C(C)C(C)C(C)(C)C)ccc3n4-c3cc(F)ccn3)ccc2)c(C)c1-c1ccccc1.[Pt+2]. The van der Waals surface area contributed by atoms with Gasteiger partial charge < -0.3 is 9.30 Å². The van der Waals surface area contributed by atoms with E-state index in [1.165, 1.54) is 23.9 Å². The predicted octanol–water partition coefficient (Wildman–Crippen LogP) is 11.0. The maximum atomic E-state index is 14.5. The van der Waals surface area contributed by atoms with Gasteiger partial charge in [0, 0.05) is 40.5 Å². The van der Waals surface area contributed by atoms with E-state index in [1.54, 1.807) is 0 Å². The maximum absolute atomic E-state index is 14.5. The fourth-order valence-electron chi connectivity index (χ4n) is 6.72. The zero-order valence-corrected chi connectivity index (χ0v) is 31.1. The van der Waals surface area contributed by atoms with E-state index in [1.807, 2.05) is 58.6 Å². The Morgan fingerprint density at radius 1 is 0.816 bits per heavy atom. The van der Waals surface area contributed by atoms with Crippen molar-refractivity contribution >= 4 is 21.8 Å². The minimum absolute atomic E-state index is 0. The molecule has 7 rings (SSSR count). The van der Waals surface area contributed by atoms with Gasteiger partial charge >= 0.3 is 21.1 Å². The van der Waals surface area contributed by atoms with Gasteiger partial charge in [-0.1, -0.05) is 82.6 Å². The smallest absolute Gasteiger partial charge is 0.509 e. The number of ether oxygens (including phenoxy) is 1. The number of aryl methyl sites for hydroxylation is 1. The van der Waals surface area contributed by atoms with Gasteiger partial charge in [-0.3, -0.25) is 4.68 Å². The second kappa shape index (κ2) is 13.4. The molecule has 4 aromatic carbocycles. The number of hydrogen-bond acceptors (Lipinski definition) is 3. The van der Waals surface area contributed by atoms with Gasteiger partial charge in [0.2, 0.25) is 0 Å². The monoisotopic (exact) mass is 829 g/mol. The fraction of sp³-hybridized carbons (Fsp3) is 0.238. The van der Waals surface area contributed by atoms with Gasteiger partial charge in [0.05, 0.1) is 5.69 Å². The van der Waals surface area contributed by atoms with Crippen molar-refractivity contribution in [2.45, 2.75) is 54.4 Å². The Morgan fingerprint density at radius 3 is 2.31 bits per heavy atom. The number of nitrogens with zero attached hydrogens (tertiary/aromatic N) is 4. The average Bonchev–Trinajstić information content (AvgIpc) is 3.56. The first kappa shape index (κ1) is 34.3. The molecule has 0 spiro atoms. The predicted molar refractivity (Wildman–Crippen MR) is 192 cm³/mol. The van der Waals surface area contributed by atoms with Crippen molar-refractivity contribution in [2.24, 2.45) is 11.3 Å². The first-order chi connectivity index (χ1) is 23.0.